The second-order valence-electron chi connectivity index (χ2n) is 22.2. The van der Waals surface area contributed by atoms with Crippen LogP contribution in [0.5, 0.6) is 0 Å². The molecule has 0 aliphatic carbocycles. The molecule has 2 aliphatic heterocycles. The Morgan fingerprint density at radius 3 is 1.50 bits per heavy atom. The monoisotopic (exact) mass is 1120 g/mol. The highest BCUT2D eigenvalue weighted by Crippen LogP contribution is 2.51. The van der Waals surface area contributed by atoms with Crippen molar-refractivity contribution in [3.8, 4) is 57.6 Å². The van der Waals surface area contributed by atoms with Crippen LogP contribution in [-0.2, 0) is 16.0 Å². The van der Waals surface area contributed by atoms with Crippen LogP contribution in [0.2, 0.25) is 0 Å². The van der Waals surface area contributed by atoms with Crippen LogP contribution in [0.25, 0.3) is 31.4 Å². The Hall–Kier alpha value is -4.35. The summed E-state index contributed by atoms with van der Waals surface area (Å²) in [5, 5.41) is 1.22. The molecule has 2 aliphatic rings. The molecule has 5 nitrogen and oxygen atoms in total. The van der Waals surface area contributed by atoms with E-state index in [4.69, 9.17) is 11.4 Å². The van der Waals surface area contributed by atoms with E-state index < -0.39 is 0 Å². The van der Waals surface area contributed by atoms with E-state index in [-0.39, 0.29) is 17.7 Å². The molecule has 0 N–H and O–H groups in total. The Bertz CT molecular complexity index is 2810. The first-order valence-corrected chi connectivity index (χ1v) is 34.2. The van der Waals surface area contributed by atoms with E-state index >= 15 is 9.59 Å². The molecule has 6 heterocycles. The van der Waals surface area contributed by atoms with Crippen molar-refractivity contribution in [2.45, 2.75) is 247 Å². The van der Waals surface area contributed by atoms with Gasteiger partial charge in [0.15, 0.2) is 0 Å². The predicted molar refractivity (Wildman–Crippen MR) is 341 cm³/mol. The Balaban J connectivity index is 1.39. The molecule has 0 saturated heterocycles. The number of unbranched alkanes of at least 4 members (excludes halogenated alkanes) is 24. The second kappa shape index (κ2) is 35.4. The number of hydrogen-bond donors (Lipinski definition) is 0. The van der Waals surface area contributed by atoms with Crippen molar-refractivity contribution in [1.82, 2.24) is 14.8 Å². The van der Waals surface area contributed by atoms with Gasteiger partial charge in [0.25, 0.3) is 11.8 Å². The number of thiophene rings is 3. The van der Waals surface area contributed by atoms with Gasteiger partial charge in [0.1, 0.15) is 0 Å². The van der Waals surface area contributed by atoms with Crippen molar-refractivity contribution in [2.24, 2.45) is 11.8 Å². The molecule has 2 unspecified atom stereocenters. The quantitative estimate of drug-likeness (QED) is 0.0330. The third kappa shape index (κ3) is 18.9. The number of rotatable bonds is 39. The lowest BCUT2D eigenvalue weighted by atomic mass is 9.93. The lowest BCUT2D eigenvalue weighted by molar-refractivity contribution is -0.124. The Labute approximate surface area is 489 Å². The molecular formula is C69H93N3O2S4. The first-order chi connectivity index (χ1) is 38.2. The largest absolute Gasteiger partial charge is 0.306 e. The van der Waals surface area contributed by atoms with Crippen LogP contribution in [0.15, 0.2) is 35.4 Å². The minimum absolute atomic E-state index is 0.0319. The summed E-state index contributed by atoms with van der Waals surface area (Å²) in [6.07, 6.45) is 44.5. The molecular weight excluding hydrogens is 1030 g/mol. The van der Waals surface area contributed by atoms with Crippen molar-refractivity contribution in [1.29, 1.82) is 0 Å². The van der Waals surface area contributed by atoms with E-state index in [1.807, 2.05) is 27.6 Å². The number of nitrogens with zero attached hydrogens (tertiary/aromatic N) is 3. The fraction of sp³-hybridized carbons (Fsp3) is 0.609. The number of amides is 2. The summed E-state index contributed by atoms with van der Waals surface area (Å²) in [6, 6.07) is 8.68. The number of fused-ring (bicyclic) bond motifs is 2. The average Bonchev–Trinajstić information content (AvgIpc) is 4.40. The summed E-state index contributed by atoms with van der Waals surface area (Å²) in [6.45, 7) is 14.4. The fourth-order valence-electron chi connectivity index (χ4n) is 11.3. The zero-order valence-corrected chi connectivity index (χ0v) is 52.1. The van der Waals surface area contributed by atoms with Gasteiger partial charge in [-0.25, -0.2) is 4.98 Å². The van der Waals surface area contributed by atoms with E-state index in [0.717, 1.165) is 70.1 Å². The molecule has 4 aromatic heterocycles. The highest BCUT2D eigenvalue weighted by atomic mass is 32.1. The maximum atomic E-state index is 15.9. The Morgan fingerprint density at radius 1 is 0.500 bits per heavy atom. The number of thiazole rings is 1. The van der Waals surface area contributed by atoms with Crippen LogP contribution < -0.4 is 0 Å². The van der Waals surface area contributed by atoms with Crippen molar-refractivity contribution < 1.29 is 9.59 Å². The first kappa shape index (κ1) is 62.8. The molecule has 2 amide bonds. The molecule has 0 aromatic carbocycles. The van der Waals surface area contributed by atoms with Gasteiger partial charge in [-0.3, -0.25) is 9.59 Å². The van der Waals surface area contributed by atoms with Gasteiger partial charge in [-0.1, -0.05) is 207 Å². The fourth-order valence-corrected chi connectivity index (χ4v) is 15.9. The molecule has 6 rings (SSSR count). The summed E-state index contributed by atoms with van der Waals surface area (Å²) in [5.74, 6) is 20.0. The Morgan fingerprint density at radius 2 is 0.962 bits per heavy atom. The highest BCUT2D eigenvalue weighted by molar-refractivity contribution is 7.29. The standard InChI is InChI=1S/C69H93N3O2S4/c1-8-13-18-23-28-30-34-39-44-55(42-37-32-25-20-15-10-3)51-71-64(57-48-47-53(6)75-57)61-62(69(71)74)65(72(68(61)73)52-56(43-38-33-26-21-16-11-4)45-40-35-31-29-24-19-14-9-2)58-49-50-59(77-58)66-67-63(54(7)76-66)70-60(78-67)46-41-36-27-22-17-12-5/h4,47-50,55-56H,8-10,12-15,17-20,22-25,27-32,34-37,39-42,44-46,51-52H2,1-3,5-7H3. The number of aryl methyl sites for hydroxylation is 3. The van der Waals surface area contributed by atoms with Gasteiger partial charge in [-0.2, -0.15) is 0 Å². The van der Waals surface area contributed by atoms with Gasteiger partial charge >= 0.3 is 0 Å². The molecule has 0 fully saturated rings. The number of hydrogen-bond acceptors (Lipinski definition) is 7. The van der Waals surface area contributed by atoms with Crippen molar-refractivity contribution >= 4 is 78.8 Å². The van der Waals surface area contributed by atoms with Crippen molar-refractivity contribution in [3.63, 3.8) is 0 Å². The number of carbonyl (C=O) groups excluding carboxylic acids is 2. The summed E-state index contributed by atoms with van der Waals surface area (Å²) < 4.78 is 1.25. The smallest absolute Gasteiger partial charge is 0.261 e. The summed E-state index contributed by atoms with van der Waals surface area (Å²) in [7, 11) is 0. The highest BCUT2D eigenvalue weighted by Gasteiger charge is 2.50. The van der Waals surface area contributed by atoms with Crippen molar-refractivity contribution in [2.75, 3.05) is 13.1 Å². The zero-order valence-electron chi connectivity index (χ0n) is 48.9. The molecule has 4 aromatic rings. The molecule has 9 heteroatoms. The average molecular weight is 1120 g/mol. The molecule has 0 radical (unpaired) electrons. The lowest BCUT2D eigenvalue weighted by Gasteiger charge is -2.28. The van der Waals surface area contributed by atoms with Gasteiger partial charge in [0.05, 0.1) is 52.4 Å². The van der Waals surface area contributed by atoms with Gasteiger partial charge < -0.3 is 9.80 Å². The second-order valence-corrected chi connectivity index (χ2v) is 26.9. The van der Waals surface area contributed by atoms with Gasteiger partial charge in [0.2, 0.25) is 0 Å². The maximum Gasteiger partial charge on any atom is 0.261 e. The molecule has 2 atom stereocenters. The minimum atomic E-state index is -0.160. The summed E-state index contributed by atoms with van der Waals surface area (Å²) in [5.41, 5.74) is 3.80. The maximum absolute atomic E-state index is 15.9. The van der Waals surface area contributed by atoms with Crippen LogP contribution in [0.1, 0.15) is 251 Å². The van der Waals surface area contributed by atoms with Crippen LogP contribution in [-0.4, -0.2) is 39.7 Å². The molecule has 78 heavy (non-hydrogen) atoms. The Kier molecular flexibility index (Phi) is 28.5. The number of carbonyl (C=O) groups is 2. The van der Waals surface area contributed by atoms with E-state index in [1.54, 1.807) is 22.7 Å². The van der Waals surface area contributed by atoms with E-state index in [9.17, 15) is 0 Å². The van der Waals surface area contributed by atoms with E-state index in [2.05, 4.69) is 112 Å². The molecule has 0 bridgehead atoms. The zero-order chi connectivity index (χ0) is 55.3. The minimum Gasteiger partial charge on any atom is -0.306 e. The third-order valence-electron chi connectivity index (χ3n) is 15.7. The molecule has 0 spiro atoms. The first-order valence-electron chi connectivity index (χ1n) is 30.9. The predicted octanol–water partition coefficient (Wildman–Crippen LogP) is 20.2. The van der Waals surface area contributed by atoms with Crippen molar-refractivity contribution in [3.05, 3.63) is 59.9 Å². The normalized spacial score (nSPS) is 14.0. The topological polar surface area (TPSA) is 53.5 Å². The molecule has 0 saturated carbocycles. The lowest BCUT2D eigenvalue weighted by Crippen LogP contribution is -2.34. The SMILES string of the molecule is C#CC#CC#CC#CC(CCCCCCCCCC)CN1C(=O)C2=C(c3ccc(C)s3)N(CC(CCCCCCCC)CCCCCCCCCC)C(=O)C2=C1c1ccc(-c2sc(C)c3nc(CCCCCCCC)sc23)s1. The summed E-state index contributed by atoms with van der Waals surface area (Å²) in [4.78, 5) is 47.6. The van der Waals surface area contributed by atoms with Crippen LogP contribution in [0.3, 0.4) is 0 Å². The van der Waals surface area contributed by atoms with Gasteiger partial charge in [-0.15, -0.1) is 51.8 Å². The summed E-state index contributed by atoms with van der Waals surface area (Å²) >= 11 is 7.07. The van der Waals surface area contributed by atoms with Crippen LogP contribution in [0.4, 0.5) is 0 Å². The van der Waals surface area contributed by atoms with Gasteiger partial charge in [-0.05, 0) is 112 Å². The molecule has 420 valence electrons. The van der Waals surface area contributed by atoms with Crippen LogP contribution in [0, 0.1) is 73.5 Å². The van der Waals surface area contributed by atoms with Crippen LogP contribution >= 0.6 is 45.3 Å². The van der Waals surface area contributed by atoms with E-state index in [1.165, 1.54) is 191 Å². The number of aromatic nitrogens is 1. The van der Waals surface area contributed by atoms with Gasteiger partial charge in [0, 0.05) is 33.6 Å². The number of terminal acetylenes is 1. The third-order valence-corrected chi connectivity index (χ3v) is 20.3. The van der Waals surface area contributed by atoms with E-state index in [0.29, 0.717) is 30.2 Å².